The van der Waals surface area contributed by atoms with E-state index in [-0.39, 0.29) is 11.6 Å². The quantitative estimate of drug-likeness (QED) is 0.253. The maximum atomic E-state index is 13.1. The fourth-order valence-electron chi connectivity index (χ4n) is 3.14. The van der Waals surface area contributed by atoms with Gasteiger partial charge in [-0.2, -0.15) is 0 Å². The minimum absolute atomic E-state index is 0.0166. The molecule has 0 radical (unpaired) electrons. The highest BCUT2D eigenvalue weighted by Gasteiger charge is 2.19. The van der Waals surface area contributed by atoms with Gasteiger partial charge in [0.25, 0.3) is 11.6 Å². The number of carbonyl (C=O) groups is 1. The van der Waals surface area contributed by atoms with Crippen molar-refractivity contribution >= 4 is 44.4 Å². The zero-order valence-corrected chi connectivity index (χ0v) is 19.2. The second-order valence-electron chi connectivity index (χ2n) is 7.36. The largest absolute Gasteiger partial charge is 0.492 e. The molecule has 8 nitrogen and oxygen atoms in total. The summed E-state index contributed by atoms with van der Waals surface area (Å²) in [5, 5.41) is 11.6. The lowest BCUT2D eigenvalue weighted by Crippen LogP contribution is -2.32. The van der Waals surface area contributed by atoms with Crippen LogP contribution in [0.2, 0.25) is 0 Å². The zero-order chi connectivity index (χ0) is 23.1. The van der Waals surface area contributed by atoms with Gasteiger partial charge in [-0.25, -0.2) is 4.98 Å². The number of anilines is 1. The number of hydrogen-bond donors (Lipinski definition) is 0. The SMILES string of the molecule is CCOc1cccc2sc(N(CCCN(C)C)C(=O)/C=C/c3cccc([N+](=O)[O-])c3)nc12. The number of nitrogens with zero attached hydrogens (tertiary/aromatic N) is 4. The molecule has 0 aliphatic heterocycles. The molecule has 0 aliphatic carbocycles. The Balaban J connectivity index is 1.89. The lowest BCUT2D eigenvalue weighted by atomic mass is 10.2. The van der Waals surface area contributed by atoms with Gasteiger partial charge in [-0.05, 0) is 57.8 Å². The van der Waals surface area contributed by atoms with Gasteiger partial charge in [0.05, 0.1) is 16.2 Å². The van der Waals surface area contributed by atoms with Crippen LogP contribution in [0, 0.1) is 10.1 Å². The molecule has 0 spiro atoms. The van der Waals surface area contributed by atoms with Crippen molar-refractivity contribution in [3.63, 3.8) is 0 Å². The van der Waals surface area contributed by atoms with Crippen LogP contribution in [-0.2, 0) is 4.79 Å². The smallest absolute Gasteiger partial charge is 0.270 e. The molecular formula is C23H26N4O4S. The van der Waals surface area contributed by atoms with E-state index in [1.54, 1.807) is 23.1 Å². The first kappa shape index (κ1) is 23.4. The van der Waals surface area contributed by atoms with Crippen LogP contribution in [0.3, 0.4) is 0 Å². The van der Waals surface area contributed by atoms with Crippen LogP contribution >= 0.6 is 11.3 Å². The number of nitro benzene ring substituents is 1. The first-order chi connectivity index (χ1) is 15.4. The highest BCUT2D eigenvalue weighted by atomic mass is 32.1. The lowest BCUT2D eigenvalue weighted by molar-refractivity contribution is -0.384. The van der Waals surface area contributed by atoms with Crippen molar-refractivity contribution < 1.29 is 14.5 Å². The van der Waals surface area contributed by atoms with Gasteiger partial charge in [-0.3, -0.25) is 19.8 Å². The summed E-state index contributed by atoms with van der Waals surface area (Å²) in [4.78, 5) is 32.1. The van der Waals surface area contributed by atoms with Gasteiger partial charge in [0.1, 0.15) is 11.3 Å². The molecule has 1 aromatic heterocycles. The van der Waals surface area contributed by atoms with Crippen LogP contribution in [0.4, 0.5) is 10.8 Å². The number of rotatable bonds is 10. The van der Waals surface area contributed by atoms with E-state index in [0.717, 1.165) is 23.2 Å². The molecule has 0 aliphatic rings. The van der Waals surface area contributed by atoms with E-state index in [1.807, 2.05) is 39.2 Å². The zero-order valence-electron chi connectivity index (χ0n) is 18.4. The summed E-state index contributed by atoms with van der Waals surface area (Å²) in [5.41, 5.74) is 1.31. The van der Waals surface area contributed by atoms with Gasteiger partial charge < -0.3 is 9.64 Å². The summed E-state index contributed by atoms with van der Waals surface area (Å²) in [6, 6.07) is 11.9. The van der Waals surface area contributed by atoms with Gasteiger partial charge in [-0.1, -0.05) is 29.5 Å². The average molecular weight is 455 g/mol. The Kier molecular flexibility index (Phi) is 7.91. The van der Waals surface area contributed by atoms with Gasteiger partial charge in [0.2, 0.25) is 0 Å². The number of hydrogen-bond acceptors (Lipinski definition) is 7. The van der Waals surface area contributed by atoms with Crippen molar-refractivity contribution in [1.29, 1.82) is 0 Å². The fourth-order valence-corrected chi connectivity index (χ4v) is 4.16. The van der Waals surface area contributed by atoms with E-state index in [1.165, 1.54) is 29.5 Å². The molecule has 0 N–H and O–H groups in total. The Morgan fingerprint density at radius 3 is 2.72 bits per heavy atom. The minimum Gasteiger partial charge on any atom is -0.492 e. The summed E-state index contributed by atoms with van der Waals surface area (Å²) < 4.78 is 6.63. The van der Waals surface area contributed by atoms with Crippen molar-refractivity contribution in [1.82, 2.24) is 9.88 Å². The Morgan fingerprint density at radius 1 is 1.22 bits per heavy atom. The predicted octanol–water partition coefficient (Wildman–Crippen LogP) is 4.60. The van der Waals surface area contributed by atoms with Crippen molar-refractivity contribution in [2.75, 3.05) is 38.7 Å². The standard InChI is InChI=1S/C23H26N4O4S/c1-4-31-19-10-6-11-20-22(19)24-23(32-20)26(15-7-14-25(2)3)21(28)13-12-17-8-5-9-18(16-17)27(29)30/h5-6,8-13,16H,4,7,14-15H2,1-3H3/b13-12+. The third-order valence-corrected chi connectivity index (χ3v) is 5.70. The minimum atomic E-state index is -0.455. The average Bonchev–Trinajstić information content (AvgIpc) is 3.20. The van der Waals surface area contributed by atoms with Crippen molar-refractivity contribution in [2.24, 2.45) is 0 Å². The van der Waals surface area contributed by atoms with E-state index in [0.29, 0.717) is 29.6 Å². The van der Waals surface area contributed by atoms with Crippen LogP contribution in [0.1, 0.15) is 18.9 Å². The Hall–Kier alpha value is -3.30. The second kappa shape index (κ2) is 10.8. The van der Waals surface area contributed by atoms with E-state index < -0.39 is 4.92 Å². The number of thiazole rings is 1. The number of benzene rings is 2. The van der Waals surface area contributed by atoms with Gasteiger partial charge in [0, 0.05) is 24.8 Å². The number of non-ortho nitro benzene ring substituents is 1. The van der Waals surface area contributed by atoms with E-state index >= 15 is 0 Å². The summed E-state index contributed by atoms with van der Waals surface area (Å²) in [7, 11) is 3.97. The lowest BCUT2D eigenvalue weighted by Gasteiger charge is -2.19. The maximum Gasteiger partial charge on any atom is 0.270 e. The summed E-state index contributed by atoms with van der Waals surface area (Å²) in [6.07, 6.45) is 3.80. The van der Waals surface area contributed by atoms with Crippen LogP contribution in [0.25, 0.3) is 16.3 Å². The second-order valence-corrected chi connectivity index (χ2v) is 8.37. The van der Waals surface area contributed by atoms with Crippen molar-refractivity contribution in [3.05, 3.63) is 64.2 Å². The maximum absolute atomic E-state index is 13.1. The monoisotopic (exact) mass is 454 g/mol. The fraction of sp³-hybridized carbons (Fsp3) is 0.304. The molecule has 3 aromatic rings. The first-order valence-electron chi connectivity index (χ1n) is 10.3. The molecule has 0 unspecified atom stereocenters. The van der Waals surface area contributed by atoms with Crippen LogP contribution in [-0.4, -0.2) is 54.5 Å². The molecule has 1 heterocycles. The molecule has 0 saturated heterocycles. The molecule has 9 heteroatoms. The predicted molar refractivity (Wildman–Crippen MR) is 128 cm³/mol. The molecule has 0 saturated carbocycles. The Labute approximate surface area is 190 Å². The van der Waals surface area contributed by atoms with E-state index in [9.17, 15) is 14.9 Å². The summed E-state index contributed by atoms with van der Waals surface area (Å²) in [5.74, 6) is 0.465. The van der Waals surface area contributed by atoms with E-state index in [2.05, 4.69) is 4.90 Å². The molecular weight excluding hydrogens is 428 g/mol. The molecule has 168 valence electrons. The number of amides is 1. The molecule has 32 heavy (non-hydrogen) atoms. The van der Waals surface area contributed by atoms with Crippen LogP contribution in [0.15, 0.2) is 48.5 Å². The van der Waals surface area contributed by atoms with Crippen LogP contribution < -0.4 is 9.64 Å². The number of nitro groups is 1. The molecule has 2 aromatic carbocycles. The van der Waals surface area contributed by atoms with Crippen molar-refractivity contribution in [2.45, 2.75) is 13.3 Å². The van der Waals surface area contributed by atoms with Gasteiger partial charge >= 0.3 is 0 Å². The number of aromatic nitrogens is 1. The topological polar surface area (TPSA) is 88.8 Å². The normalized spacial score (nSPS) is 11.4. The van der Waals surface area contributed by atoms with Gasteiger partial charge in [-0.15, -0.1) is 0 Å². The summed E-state index contributed by atoms with van der Waals surface area (Å²) in [6.45, 7) is 3.78. The third-order valence-electron chi connectivity index (χ3n) is 4.65. The number of para-hydroxylation sites is 1. The molecule has 3 rings (SSSR count). The third kappa shape index (κ3) is 5.89. The molecule has 1 amide bonds. The molecule has 0 fully saturated rings. The number of carbonyl (C=O) groups excluding carboxylic acids is 1. The van der Waals surface area contributed by atoms with Crippen molar-refractivity contribution in [3.8, 4) is 5.75 Å². The van der Waals surface area contributed by atoms with Crippen LogP contribution in [0.5, 0.6) is 5.75 Å². The highest BCUT2D eigenvalue weighted by molar-refractivity contribution is 7.22. The van der Waals surface area contributed by atoms with Gasteiger partial charge in [0.15, 0.2) is 5.13 Å². The number of fused-ring (bicyclic) bond motifs is 1. The highest BCUT2D eigenvalue weighted by Crippen LogP contribution is 2.34. The summed E-state index contributed by atoms with van der Waals surface area (Å²) >= 11 is 1.44. The molecule has 0 atom stereocenters. The Morgan fingerprint density at radius 2 is 2.00 bits per heavy atom. The number of ether oxygens (including phenoxy) is 1. The molecule has 0 bridgehead atoms. The Bertz CT molecular complexity index is 1130. The van der Waals surface area contributed by atoms with E-state index in [4.69, 9.17) is 9.72 Å². The first-order valence-corrected chi connectivity index (χ1v) is 11.1.